The fourth-order valence-electron chi connectivity index (χ4n) is 2.79. The predicted molar refractivity (Wildman–Crippen MR) is 87.4 cm³/mol. The smallest absolute Gasteiger partial charge is 0.315 e. The lowest BCUT2D eigenvalue weighted by Crippen LogP contribution is -2.45. The number of ether oxygens (including phenoxy) is 1. The van der Waals surface area contributed by atoms with E-state index >= 15 is 0 Å². The van der Waals surface area contributed by atoms with Crippen LogP contribution in [0.3, 0.4) is 0 Å². The fourth-order valence-corrected chi connectivity index (χ4v) is 2.79. The van der Waals surface area contributed by atoms with Crippen molar-refractivity contribution in [2.24, 2.45) is 0 Å². The zero-order valence-electron chi connectivity index (χ0n) is 13.7. The van der Waals surface area contributed by atoms with Crippen molar-refractivity contribution >= 4 is 6.03 Å². The molecular formula is C17H22N4O3. The summed E-state index contributed by atoms with van der Waals surface area (Å²) in [5.41, 5.74) is 1.15. The van der Waals surface area contributed by atoms with Crippen molar-refractivity contribution in [3.63, 3.8) is 0 Å². The van der Waals surface area contributed by atoms with Gasteiger partial charge in [0.1, 0.15) is 0 Å². The van der Waals surface area contributed by atoms with E-state index in [9.17, 15) is 4.79 Å². The molecule has 0 spiro atoms. The Morgan fingerprint density at radius 1 is 1.33 bits per heavy atom. The van der Waals surface area contributed by atoms with Crippen molar-refractivity contribution in [2.75, 3.05) is 13.2 Å². The highest BCUT2D eigenvalue weighted by Gasteiger charge is 2.24. The van der Waals surface area contributed by atoms with E-state index in [0.717, 1.165) is 18.4 Å². The minimum absolute atomic E-state index is 0.0339. The van der Waals surface area contributed by atoms with E-state index in [1.807, 2.05) is 18.2 Å². The number of amides is 2. The van der Waals surface area contributed by atoms with Crippen LogP contribution in [0, 0.1) is 6.92 Å². The second-order valence-corrected chi connectivity index (χ2v) is 5.88. The molecular weight excluding hydrogens is 308 g/mol. The molecule has 128 valence electrons. The van der Waals surface area contributed by atoms with Crippen molar-refractivity contribution < 1.29 is 14.1 Å². The number of nitrogens with one attached hydrogen (secondary N) is 2. The van der Waals surface area contributed by atoms with E-state index in [1.54, 1.807) is 6.92 Å². The molecule has 2 N–H and O–H groups in total. The first-order chi connectivity index (χ1) is 11.7. The summed E-state index contributed by atoms with van der Waals surface area (Å²) in [6, 6.07) is 10.0. The molecule has 7 nitrogen and oxygen atoms in total. The lowest BCUT2D eigenvalue weighted by Gasteiger charge is -2.30. The molecule has 1 aromatic heterocycles. The molecule has 3 rings (SSSR count). The van der Waals surface area contributed by atoms with Gasteiger partial charge in [0.05, 0.1) is 6.10 Å². The molecule has 2 aromatic rings. The maximum absolute atomic E-state index is 12.0. The summed E-state index contributed by atoms with van der Waals surface area (Å²) in [6.45, 7) is 2.87. The van der Waals surface area contributed by atoms with Crippen molar-refractivity contribution in [1.82, 2.24) is 20.8 Å². The molecule has 2 atom stereocenters. The molecule has 1 saturated heterocycles. The Bertz CT molecular complexity index is 659. The van der Waals surface area contributed by atoms with Gasteiger partial charge in [0.25, 0.3) is 0 Å². The van der Waals surface area contributed by atoms with E-state index in [1.165, 1.54) is 0 Å². The van der Waals surface area contributed by atoms with Crippen molar-refractivity contribution in [1.29, 1.82) is 0 Å². The number of hydrogen-bond donors (Lipinski definition) is 2. The highest BCUT2D eigenvalue weighted by atomic mass is 16.5. The molecule has 24 heavy (non-hydrogen) atoms. The second-order valence-electron chi connectivity index (χ2n) is 5.88. The zero-order chi connectivity index (χ0) is 16.8. The van der Waals surface area contributed by atoms with E-state index in [0.29, 0.717) is 31.3 Å². The Labute approximate surface area is 140 Å². The van der Waals surface area contributed by atoms with Crippen LogP contribution in [-0.4, -0.2) is 35.4 Å². The van der Waals surface area contributed by atoms with E-state index in [2.05, 4.69) is 32.9 Å². The molecule has 0 aliphatic carbocycles. The van der Waals surface area contributed by atoms with Crippen LogP contribution in [0.5, 0.6) is 0 Å². The van der Waals surface area contributed by atoms with Gasteiger partial charge < -0.3 is 19.9 Å². The number of urea groups is 1. The fraction of sp³-hybridized carbons (Fsp3) is 0.471. The summed E-state index contributed by atoms with van der Waals surface area (Å²) in [5, 5.41) is 9.55. The second kappa shape index (κ2) is 7.92. The summed E-state index contributed by atoms with van der Waals surface area (Å²) >= 11 is 0. The molecule has 2 amide bonds. The molecule has 0 unspecified atom stereocenters. The standard InChI is InChI=1S/C17H22N4O3/c1-12-19-16(24-21-12)7-9-18-17(22)20-14-8-10-23-15(11-14)13-5-3-2-4-6-13/h2-6,14-15H,7-11H2,1H3,(H2,18,20,22)/t14-,15+/m0/s1. The molecule has 0 saturated carbocycles. The summed E-state index contributed by atoms with van der Waals surface area (Å²) in [7, 11) is 0. The lowest BCUT2D eigenvalue weighted by molar-refractivity contribution is 0.00227. The largest absolute Gasteiger partial charge is 0.373 e. The minimum atomic E-state index is -0.176. The number of hydrogen-bond acceptors (Lipinski definition) is 5. The maximum atomic E-state index is 12.0. The molecule has 1 fully saturated rings. The number of aryl methyl sites for hydroxylation is 1. The van der Waals surface area contributed by atoms with Gasteiger partial charge >= 0.3 is 6.03 Å². The van der Waals surface area contributed by atoms with Gasteiger partial charge in [-0.2, -0.15) is 4.98 Å². The van der Waals surface area contributed by atoms with E-state index in [4.69, 9.17) is 9.26 Å². The summed E-state index contributed by atoms with van der Waals surface area (Å²) < 4.78 is 10.8. The number of rotatable bonds is 5. The maximum Gasteiger partial charge on any atom is 0.315 e. The molecule has 7 heteroatoms. The van der Waals surface area contributed by atoms with Crippen LogP contribution in [0.15, 0.2) is 34.9 Å². The van der Waals surface area contributed by atoms with Gasteiger partial charge in [0.2, 0.25) is 5.89 Å². The molecule has 2 heterocycles. The van der Waals surface area contributed by atoms with E-state index < -0.39 is 0 Å². The molecule has 0 bridgehead atoms. The van der Waals surface area contributed by atoms with Crippen LogP contribution in [0.25, 0.3) is 0 Å². The number of carbonyl (C=O) groups excluding carboxylic acids is 1. The van der Waals surface area contributed by atoms with E-state index in [-0.39, 0.29) is 18.2 Å². The SMILES string of the molecule is Cc1noc(CCNC(=O)N[C@H]2CCO[C@@H](c3ccccc3)C2)n1. The van der Waals surface area contributed by atoms with Gasteiger partial charge in [-0.05, 0) is 25.3 Å². The van der Waals surface area contributed by atoms with Gasteiger partial charge in [-0.3, -0.25) is 0 Å². The molecule has 1 aliphatic heterocycles. The van der Waals surface area contributed by atoms with Gasteiger partial charge in [0, 0.05) is 25.6 Å². The summed E-state index contributed by atoms with van der Waals surface area (Å²) in [5.74, 6) is 1.13. The average Bonchev–Trinajstić information content (AvgIpc) is 3.01. The highest BCUT2D eigenvalue weighted by molar-refractivity contribution is 5.74. The third-order valence-corrected chi connectivity index (χ3v) is 3.98. The monoisotopic (exact) mass is 330 g/mol. The van der Waals surface area contributed by atoms with Gasteiger partial charge in [-0.1, -0.05) is 35.5 Å². The van der Waals surface area contributed by atoms with Crippen LogP contribution in [0.2, 0.25) is 0 Å². The average molecular weight is 330 g/mol. The number of aromatic nitrogens is 2. The third kappa shape index (κ3) is 4.55. The van der Waals surface area contributed by atoms with Gasteiger partial charge in [0.15, 0.2) is 5.82 Å². The number of benzene rings is 1. The Morgan fingerprint density at radius 3 is 2.92 bits per heavy atom. The van der Waals surface area contributed by atoms with Crippen LogP contribution in [0.4, 0.5) is 4.79 Å². The Hall–Kier alpha value is -2.41. The molecule has 0 radical (unpaired) electrons. The molecule has 1 aromatic carbocycles. The normalized spacial score (nSPS) is 20.5. The molecule has 1 aliphatic rings. The number of carbonyl (C=O) groups is 1. The summed E-state index contributed by atoms with van der Waals surface area (Å²) in [6.07, 6.45) is 2.15. The first kappa shape index (κ1) is 16.4. The van der Waals surface area contributed by atoms with Crippen LogP contribution >= 0.6 is 0 Å². The quantitative estimate of drug-likeness (QED) is 0.877. The van der Waals surface area contributed by atoms with Crippen molar-refractivity contribution in [3.05, 3.63) is 47.6 Å². The summed E-state index contributed by atoms with van der Waals surface area (Å²) in [4.78, 5) is 16.1. The van der Waals surface area contributed by atoms with Crippen LogP contribution in [0.1, 0.15) is 36.2 Å². The highest BCUT2D eigenvalue weighted by Crippen LogP contribution is 2.27. The van der Waals surface area contributed by atoms with Crippen molar-refractivity contribution in [2.45, 2.75) is 38.3 Å². The first-order valence-electron chi connectivity index (χ1n) is 8.21. The van der Waals surface area contributed by atoms with Crippen molar-refractivity contribution in [3.8, 4) is 0 Å². The van der Waals surface area contributed by atoms with Gasteiger partial charge in [-0.25, -0.2) is 4.79 Å². The Morgan fingerprint density at radius 2 is 2.17 bits per heavy atom. The Balaban J connectivity index is 1.42. The number of nitrogens with zero attached hydrogens (tertiary/aromatic N) is 2. The van der Waals surface area contributed by atoms with Crippen LogP contribution in [-0.2, 0) is 11.2 Å². The van der Waals surface area contributed by atoms with Crippen LogP contribution < -0.4 is 10.6 Å². The predicted octanol–water partition coefficient (Wildman–Crippen LogP) is 2.14. The topological polar surface area (TPSA) is 89.3 Å². The first-order valence-corrected chi connectivity index (χ1v) is 8.21. The Kier molecular flexibility index (Phi) is 5.43. The van der Waals surface area contributed by atoms with Gasteiger partial charge in [-0.15, -0.1) is 0 Å². The third-order valence-electron chi connectivity index (χ3n) is 3.98. The minimum Gasteiger partial charge on any atom is -0.373 e. The zero-order valence-corrected chi connectivity index (χ0v) is 13.7. The lowest BCUT2D eigenvalue weighted by atomic mass is 9.97.